The highest BCUT2D eigenvalue weighted by Gasteiger charge is 2.60. The molecule has 1 aromatic rings. The van der Waals surface area contributed by atoms with Crippen LogP contribution in [0.15, 0.2) is 30.3 Å². The van der Waals surface area contributed by atoms with Crippen LogP contribution in [0.4, 0.5) is 0 Å². The molecule has 0 N–H and O–H groups in total. The van der Waals surface area contributed by atoms with Gasteiger partial charge in [-0.2, -0.15) is 0 Å². The van der Waals surface area contributed by atoms with E-state index in [0.29, 0.717) is 0 Å². The van der Waals surface area contributed by atoms with E-state index in [1.807, 2.05) is 30.1 Å². The van der Waals surface area contributed by atoms with E-state index < -0.39 is 0 Å². The van der Waals surface area contributed by atoms with Crippen molar-refractivity contribution in [3.63, 3.8) is 0 Å². The van der Waals surface area contributed by atoms with E-state index in [4.69, 9.17) is 0 Å². The Morgan fingerprint density at radius 2 is 1.88 bits per heavy atom. The Morgan fingerprint density at radius 1 is 1.21 bits per heavy atom. The molecular weight excluding hydrogens is 300 g/mol. The SMILES string of the molecule is CCCN(C)C(=O)CN1C(=O)C2(CCCCC2)C1c1ccccc1. The quantitative estimate of drug-likeness (QED) is 0.777. The molecule has 4 heteroatoms. The summed E-state index contributed by atoms with van der Waals surface area (Å²) < 4.78 is 0. The van der Waals surface area contributed by atoms with Crippen molar-refractivity contribution in [2.24, 2.45) is 5.41 Å². The van der Waals surface area contributed by atoms with Crippen LogP contribution < -0.4 is 0 Å². The highest BCUT2D eigenvalue weighted by Crippen LogP contribution is 2.57. The number of β-lactam (4-membered cyclic amide) rings is 1. The predicted molar refractivity (Wildman–Crippen MR) is 94.3 cm³/mol. The van der Waals surface area contributed by atoms with Crippen molar-refractivity contribution >= 4 is 11.8 Å². The highest BCUT2D eigenvalue weighted by molar-refractivity contribution is 5.94. The van der Waals surface area contributed by atoms with E-state index >= 15 is 0 Å². The molecule has 0 radical (unpaired) electrons. The van der Waals surface area contributed by atoms with Crippen molar-refractivity contribution < 1.29 is 9.59 Å². The molecule has 3 rings (SSSR count). The third-order valence-electron chi connectivity index (χ3n) is 5.67. The van der Waals surface area contributed by atoms with Crippen molar-refractivity contribution in [3.8, 4) is 0 Å². The molecule has 130 valence electrons. The Morgan fingerprint density at radius 3 is 2.50 bits per heavy atom. The first-order valence-electron chi connectivity index (χ1n) is 9.20. The Labute approximate surface area is 144 Å². The standard InChI is InChI=1S/C20H28N2O2/c1-3-14-21(2)17(23)15-22-18(16-10-6-4-7-11-16)20(19(22)24)12-8-5-9-13-20/h4,6-7,10-11,18H,3,5,8-9,12-15H2,1-2H3. The van der Waals surface area contributed by atoms with E-state index in [2.05, 4.69) is 19.1 Å². The van der Waals surface area contributed by atoms with Crippen molar-refractivity contribution in [1.82, 2.24) is 9.80 Å². The predicted octanol–water partition coefficient (Wildman–Crippen LogP) is 3.39. The first-order valence-corrected chi connectivity index (χ1v) is 9.20. The summed E-state index contributed by atoms with van der Waals surface area (Å²) >= 11 is 0. The van der Waals surface area contributed by atoms with Crippen LogP contribution in [0.25, 0.3) is 0 Å². The summed E-state index contributed by atoms with van der Waals surface area (Å²) in [5.41, 5.74) is 0.911. The van der Waals surface area contributed by atoms with Crippen LogP contribution in [-0.2, 0) is 9.59 Å². The summed E-state index contributed by atoms with van der Waals surface area (Å²) in [4.78, 5) is 29.0. The highest BCUT2D eigenvalue weighted by atomic mass is 16.2. The Hall–Kier alpha value is -1.84. The lowest BCUT2D eigenvalue weighted by Gasteiger charge is -2.58. The molecule has 1 unspecified atom stereocenters. The zero-order chi connectivity index (χ0) is 17.2. The molecule has 0 bridgehead atoms. The van der Waals surface area contributed by atoms with Crippen LogP contribution in [0.3, 0.4) is 0 Å². The number of benzene rings is 1. The number of rotatable bonds is 5. The maximum Gasteiger partial charge on any atom is 0.241 e. The molecule has 1 aliphatic heterocycles. The summed E-state index contributed by atoms with van der Waals surface area (Å²) in [5, 5.41) is 0. The number of likely N-dealkylation sites (N-methyl/N-ethyl adjacent to an activating group) is 1. The normalized spacial score (nSPS) is 22.3. The van der Waals surface area contributed by atoms with Crippen molar-refractivity contribution in [3.05, 3.63) is 35.9 Å². The summed E-state index contributed by atoms with van der Waals surface area (Å²) in [5.74, 6) is 0.228. The number of likely N-dealkylation sites (tertiary alicyclic amines) is 1. The zero-order valence-electron chi connectivity index (χ0n) is 14.8. The molecule has 1 aliphatic carbocycles. The first kappa shape index (κ1) is 17.0. The molecule has 1 spiro atoms. The number of carbonyl (C=O) groups excluding carboxylic acids is 2. The van der Waals surface area contributed by atoms with E-state index in [1.54, 1.807) is 4.90 Å². The largest absolute Gasteiger partial charge is 0.344 e. The fourth-order valence-electron chi connectivity index (χ4n) is 4.45. The average molecular weight is 328 g/mol. The van der Waals surface area contributed by atoms with Crippen LogP contribution in [0.2, 0.25) is 0 Å². The van der Waals surface area contributed by atoms with Gasteiger partial charge in [0.15, 0.2) is 0 Å². The second-order valence-electron chi connectivity index (χ2n) is 7.28. The number of hydrogen-bond acceptors (Lipinski definition) is 2. The van der Waals surface area contributed by atoms with Gasteiger partial charge in [-0.05, 0) is 24.8 Å². The van der Waals surface area contributed by atoms with Gasteiger partial charge in [-0.25, -0.2) is 0 Å². The fourth-order valence-corrected chi connectivity index (χ4v) is 4.45. The Kier molecular flexibility index (Phi) is 4.93. The number of hydrogen-bond donors (Lipinski definition) is 0. The van der Waals surface area contributed by atoms with E-state index in [-0.39, 0.29) is 29.8 Å². The van der Waals surface area contributed by atoms with Crippen LogP contribution in [-0.4, -0.2) is 41.8 Å². The monoisotopic (exact) mass is 328 g/mol. The maximum atomic E-state index is 13.0. The molecule has 1 saturated carbocycles. The second-order valence-corrected chi connectivity index (χ2v) is 7.28. The zero-order valence-corrected chi connectivity index (χ0v) is 14.8. The van der Waals surface area contributed by atoms with Crippen LogP contribution in [0.5, 0.6) is 0 Å². The van der Waals surface area contributed by atoms with Crippen molar-refractivity contribution in [2.45, 2.75) is 51.5 Å². The Bertz CT molecular complexity index is 593. The van der Waals surface area contributed by atoms with Gasteiger partial charge >= 0.3 is 0 Å². The van der Waals surface area contributed by atoms with Gasteiger partial charge in [0.1, 0.15) is 6.54 Å². The van der Waals surface area contributed by atoms with Crippen LogP contribution >= 0.6 is 0 Å². The molecule has 1 aromatic carbocycles. The van der Waals surface area contributed by atoms with Gasteiger partial charge in [-0.3, -0.25) is 9.59 Å². The minimum absolute atomic E-state index is 0.0387. The first-order chi connectivity index (χ1) is 11.6. The lowest BCUT2D eigenvalue weighted by Crippen LogP contribution is -2.65. The molecule has 24 heavy (non-hydrogen) atoms. The van der Waals surface area contributed by atoms with Gasteiger partial charge in [0.2, 0.25) is 11.8 Å². The lowest BCUT2D eigenvalue weighted by atomic mass is 9.60. The lowest BCUT2D eigenvalue weighted by molar-refractivity contribution is -0.181. The third-order valence-corrected chi connectivity index (χ3v) is 5.67. The molecule has 4 nitrogen and oxygen atoms in total. The summed E-state index contributed by atoms with van der Waals surface area (Å²) in [6, 6.07) is 10.3. The minimum atomic E-state index is -0.261. The van der Waals surface area contributed by atoms with Gasteiger partial charge < -0.3 is 9.80 Å². The van der Waals surface area contributed by atoms with Gasteiger partial charge in [-0.15, -0.1) is 0 Å². The fraction of sp³-hybridized carbons (Fsp3) is 0.600. The summed E-state index contributed by atoms with van der Waals surface area (Å²) in [7, 11) is 1.82. The molecule has 0 aromatic heterocycles. The topological polar surface area (TPSA) is 40.6 Å². The number of nitrogens with zero attached hydrogens (tertiary/aromatic N) is 2. The Balaban J connectivity index is 1.83. The van der Waals surface area contributed by atoms with Gasteiger partial charge in [0, 0.05) is 13.6 Å². The molecule has 2 aliphatic rings. The minimum Gasteiger partial charge on any atom is -0.344 e. The van der Waals surface area contributed by atoms with E-state index in [9.17, 15) is 9.59 Å². The van der Waals surface area contributed by atoms with Crippen molar-refractivity contribution in [2.75, 3.05) is 20.1 Å². The third kappa shape index (κ3) is 2.83. The molecule has 2 fully saturated rings. The van der Waals surface area contributed by atoms with Crippen LogP contribution in [0, 0.1) is 5.41 Å². The smallest absolute Gasteiger partial charge is 0.241 e. The van der Waals surface area contributed by atoms with E-state index in [1.165, 1.54) is 12.0 Å². The summed E-state index contributed by atoms with van der Waals surface area (Å²) in [6.07, 6.45) is 6.30. The average Bonchev–Trinajstić information content (AvgIpc) is 2.62. The van der Waals surface area contributed by atoms with Crippen LogP contribution in [0.1, 0.15) is 57.1 Å². The molecule has 2 amide bonds. The molecule has 1 atom stereocenters. The van der Waals surface area contributed by atoms with Gasteiger partial charge in [0.25, 0.3) is 0 Å². The van der Waals surface area contributed by atoms with E-state index in [0.717, 1.165) is 38.6 Å². The second kappa shape index (κ2) is 6.96. The maximum absolute atomic E-state index is 13.0. The van der Waals surface area contributed by atoms with Gasteiger partial charge in [0.05, 0.1) is 11.5 Å². The summed E-state index contributed by atoms with van der Waals surface area (Å²) in [6.45, 7) is 3.00. The van der Waals surface area contributed by atoms with Gasteiger partial charge in [-0.1, -0.05) is 56.5 Å². The molecule has 1 heterocycles. The number of amides is 2. The van der Waals surface area contributed by atoms with Crippen molar-refractivity contribution in [1.29, 1.82) is 0 Å². The molecule has 1 saturated heterocycles. The number of carbonyl (C=O) groups is 2. The molecular formula is C20H28N2O2.